The Labute approximate surface area is 182 Å². The van der Waals surface area contributed by atoms with Crippen molar-refractivity contribution in [3.8, 4) is 0 Å². The number of carboxylic acids is 1. The van der Waals surface area contributed by atoms with Gasteiger partial charge in [0.25, 0.3) is 0 Å². The van der Waals surface area contributed by atoms with Crippen LogP contribution in [0, 0.1) is 0 Å². The molecule has 6 nitrogen and oxygen atoms in total. The first kappa shape index (κ1) is 20.9. The number of anilines is 2. The molecule has 0 saturated carbocycles. The van der Waals surface area contributed by atoms with E-state index in [4.69, 9.17) is 0 Å². The zero-order chi connectivity index (χ0) is 21.6. The van der Waals surface area contributed by atoms with Crippen LogP contribution in [-0.4, -0.2) is 35.2 Å². The molecule has 4 N–H and O–H groups in total. The number of benzene rings is 2. The molecule has 0 unspecified atom stereocenters. The predicted molar refractivity (Wildman–Crippen MR) is 124 cm³/mol. The van der Waals surface area contributed by atoms with Crippen molar-refractivity contribution in [2.75, 3.05) is 23.7 Å². The summed E-state index contributed by atoms with van der Waals surface area (Å²) in [5.74, 6) is -0.434. The van der Waals surface area contributed by atoms with Gasteiger partial charge in [0, 0.05) is 12.7 Å². The van der Waals surface area contributed by atoms with Crippen LogP contribution in [0.1, 0.15) is 35.6 Å². The Morgan fingerprint density at radius 3 is 2.74 bits per heavy atom. The lowest BCUT2D eigenvalue weighted by atomic mass is 9.96. The van der Waals surface area contributed by atoms with Gasteiger partial charge in [-0.2, -0.15) is 0 Å². The molecule has 3 atom stereocenters. The normalized spacial score (nSPS) is 17.0. The number of rotatable bonds is 8. The number of hydrogen-bond acceptors (Lipinski definition) is 5. The lowest BCUT2D eigenvalue weighted by Gasteiger charge is -2.34. The average molecular weight is 417 g/mol. The van der Waals surface area contributed by atoms with Crippen LogP contribution >= 0.6 is 0 Å². The Hall–Kier alpha value is -3.38. The molecule has 0 spiro atoms. The Morgan fingerprint density at radius 1 is 1.13 bits per heavy atom. The van der Waals surface area contributed by atoms with E-state index in [1.165, 1.54) is 5.56 Å². The molecule has 1 aliphatic heterocycles. The predicted octanol–water partition coefficient (Wildman–Crippen LogP) is 4.05. The minimum Gasteiger partial charge on any atom is -0.481 e. The highest BCUT2D eigenvalue weighted by molar-refractivity contribution is 5.75. The second kappa shape index (κ2) is 9.62. The Kier molecular flexibility index (Phi) is 6.48. The van der Waals surface area contributed by atoms with E-state index in [1.807, 2.05) is 36.4 Å². The molecule has 0 amide bonds. The molecule has 3 aromatic rings. The fraction of sp³-hybridized carbons (Fsp3) is 0.280. The van der Waals surface area contributed by atoms with Crippen LogP contribution in [0.15, 0.2) is 72.9 Å². The Bertz CT molecular complexity index is 1020. The summed E-state index contributed by atoms with van der Waals surface area (Å²) in [4.78, 5) is 15.8. The van der Waals surface area contributed by atoms with Crippen LogP contribution in [-0.2, 0) is 11.2 Å². The maximum absolute atomic E-state index is 11.3. The fourth-order valence-corrected chi connectivity index (χ4v) is 4.00. The van der Waals surface area contributed by atoms with Crippen LogP contribution in [0.25, 0.3) is 0 Å². The highest BCUT2D eigenvalue weighted by Gasteiger charge is 2.27. The molecule has 0 bridgehead atoms. The van der Waals surface area contributed by atoms with Crippen LogP contribution in [0.4, 0.5) is 11.5 Å². The van der Waals surface area contributed by atoms with Crippen LogP contribution in [0.5, 0.6) is 0 Å². The maximum Gasteiger partial charge on any atom is 0.310 e. The zero-order valence-corrected chi connectivity index (χ0v) is 17.6. The van der Waals surface area contributed by atoms with Gasteiger partial charge in [0.1, 0.15) is 5.82 Å². The van der Waals surface area contributed by atoms with E-state index in [-0.39, 0.29) is 12.1 Å². The van der Waals surface area contributed by atoms with Crippen LogP contribution < -0.4 is 16.0 Å². The maximum atomic E-state index is 11.3. The lowest BCUT2D eigenvalue weighted by Crippen LogP contribution is -2.44. The molecule has 0 saturated heterocycles. The molecular formula is C25H28N4O2. The second-order valence-electron chi connectivity index (χ2n) is 7.93. The first-order chi connectivity index (χ1) is 15.1. The van der Waals surface area contributed by atoms with Gasteiger partial charge in [-0.15, -0.1) is 0 Å². The average Bonchev–Trinajstić information content (AvgIpc) is 2.82. The summed E-state index contributed by atoms with van der Waals surface area (Å²) in [6, 6.07) is 22.5. The first-order valence-corrected chi connectivity index (χ1v) is 10.7. The molecule has 1 aliphatic rings. The van der Waals surface area contributed by atoms with Crippen molar-refractivity contribution in [1.29, 1.82) is 0 Å². The van der Waals surface area contributed by atoms with Gasteiger partial charge in [0.2, 0.25) is 0 Å². The summed E-state index contributed by atoms with van der Waals surface area (Å²) in [7, 11) is 0. The van der Waals surface area contributed by atoms with Crippen LogP contribution in [0.2, 0.25) is 0 Å². The van der Waals surface area contributed by atoms with Gasteiger partial charge in [-0.3, -0.25) is 4.79 Å². The van der Waals surface area contributed by atoms with E-state index in [1.54, 1.807) is 13.1 Å². The first-order valence-electron chi connectivity index (χ1n) is 10.7. The topological polar surface area (TPSA) is 86.3 Å². The summed E-state index contributed by atoms with van der Waals surface area (Å²) in [5.41, 5.74) is 4.21. The molecule has 1 aromatic heterocycles. The number of aromatic nitrogens is 1. The number of carboxylic acid groups (broad SMARTS) is 1. The largest absolute Gasteiger partial charge is 0.481 e. The third-order valence-corrected chi connectivity index (χ3v) is 5.80. The number of hydrogen-bond donors (Lipinski definition) is 4. The highest BCUT2D eigenvalue weighted by atomic mass is 16.4. The molecule has 2 heterocycles. The number of carbonyl (C=O) groups is 1. The molecule has 160 valence electrons. The smallest absolute Gasteiger partial charge is 0.310 e. The van der Waals surface area contributed by atoms with Gasteiger partial charge in [0.05, 0.1) is 23.7 Å². The highest BCUT2D eigenvalue weighted by Crippen LogP contribution is 2.28. The third kappa shape index (κ3) is 5.03. The number of pyridine rings is 1. The van der Waals surface area contributed by atoms with Gasteiger partial charge in [0.15, 0.2) is 0 Å². The fourth-order valence-electron chi connectivity index (χ4n) is 4.00. The molecular weight excluding hydrogens is 388 g/mol. The van der Waals surface area contributed by atoms with E-state index in [0.717, 1.165) is 42.1 Å². The summed E-state index contributed by atoms with van der Waals surface area (Å²) < 4.78 is 0. The van der Waals surface area contributed by atoms with Gasteiger partial charge in [-0.05, 0) is 48.7 Å². The summed E-state index contributed by atoms with van der Waals surface area (Å²) in [5, 5.41) is 20.1. The van der Waals surface area contributed by atoms with Crippen LogP contribution in [0.3, 0.4) is 0 Å². The van der Waals surface area contributed by atoms with Crippen molar-refractivity contribution < 1.29 is 9.90 Å². The minimum absolute atomic E-state index is 0.102. The molecule has 4 rings (SSSR count). The van der Waals surface area contributed by atoms with Crippen molar-refractivity contribution in [2.45, 2.75) is 31.3 Å². The van der Waals surface area contributed by atoms with E-state index in [0.29, 0.717) is 0 Å². The molecule has 31 heavy (non-hydrogen) atoms. The quantitative estimate of drug-likeness (QED) is 0.443. The molecule has 0 fully saturated rings. The standard InChI is InChI=1S/C25H28N4O2/c1-17(25(30)31)20-10-5-7-18(15-20)12-14-26-23(19-8-3-2-4-9-19)22-16-28-21-11-6-13-27-24(21)29-22/h2-11,13,15,17,22-23,26,28H,12,14,16H2,1H3,(H,27,29)(H,30,31)/t17-,22+,23+/m0/s1. The Balaban J connectivity index is 1.46. The molecule has 6 heteroatoms. The van der Waals surface area contributed by atoms with Crippen molar-refractivity contribution in [3.63, 3.8) is 0 Å². The summed E-state index contributed by atoms with van der Waals surface area (Å²) in [6.45, 7) is 3.29. The lowest BCUT2D eigenvalue weighted by molar-refractivity contribution is -0.138. The molecule has 0 aliphatic carbocycles. The van der Waals surface area contributed by atoms with Crippen molar-refractivity contribution in [3.05, 3.63) is 89.6 Å². The Morgan fingerprint density at radius 2 is 1.94 bits per heavy atom. The van der Waals surface area contributed by atoms with E-state index in [2.05, 4.69) is 51.3 Å². The van der Waals surface area contributed by atoms with Gasteiger partial charge in [-0.25, -0.2) is 4.98 Å². The third-order valence-electron chi connectivity index (χ3n) is 5.80. The van der Waals surface area contributed by atoms with Gasteiger partial charge in [-0.1, -0.05) is 54.6 Å². The summed E-state index contributed by atoms with van der Waals surface area (Å²) in [6.07, 6.45) is 2.62. The SMILES string of the molecule is C[C@H](C(=O)O)c1cccc(CCN[C@H](c2ccccc2)[C@H]2CNc3cccnc3N2)c1. The monoisotopic (exact) mass is 416 g/mol. The molecule has 0 radical (unpaired) electrons. The number of aliphatic carboxylic acids is 1. The van der Waals surface area contributed by atoms with E-state index in [9.17, 15) is 9.90 Å². The van der Waals surface area contributed by atoms with Crippen molar-refractivity contribution in [2.24, 2.45) is 0 Å². The van der Waals surface area contributed by atoms with Gasteiger partial charge < -0.3 is 21.1 Å². The number of fused-ring (bicyclic) bond motifs is 1. The minimum atomic E-state index is -0.802. The zero-order valence-electron chi connectivity index (χ0n) is 17.6. The van der Waals surface area contributed by atoms with E-state index < -0.39 is 11.9 Å². The number of nitrogens with zero attached hydrogens (tertiary/aromatic N) is 1. The van der Waals surface area contributed by atoms with E-state index >= 15 is 0 Å². The van der Waals surface area contributed by atoms with Crippen molar-refractivity contribution >= 4 is 17.5 Å². The molecule has 2 aromatic carbocycles. The van der Waals surface area contributed by atoms with Gasteiger partial charge >= 0.3 is 5.97 Å². The van der Waals surface area contributed by atoms with Crippen molar-refractivity contribution in [1.82, 2.24) is 10.3 Å². The summed E-state index contributed by atoms with van der Waals surface area (Å²) >= 11 is 0. The number of nitrogens with one attached hydrogen (secondary N) is 3. The second-order valence-corrected chi connectivity index (χ2v) is 7.93.